The van der Waals surface area contributed by atoms with E-state index in [1.165, 1.54) is 0 Å². The Hall–Kier alpha value is -2.11. The number of carbonyl (C=O) groups is 1. The Morgan fingerprint density at radius 2 is 2.00 bits per heavy atom. The van der Waals surface area contributed by atoms with Crippen LogP contribution < -0.4 is 5.32 Å². The van der Waals surface area contributed by atoms with Gasteiger partial charge in [0.25, 0.3) is 0 Å². The number of rotatable bonds is 5. The van der Waals surface area contributed by atoms with E-state index in [-0.39, 0.29) is 5.91 Å². The van der Waals surface area contributed by atoms with Crippen LogP contribution >= 0.6 is 22.9 Å². The molecule has 1 N–H and O–H groups in total. The third kappa shape index (κ3) is 3.29. The predicted molar refractivity (Wildman–Crippen MR) is 103 cm³/mol. The Kier molecular flexibility index (Phi) is 4.83. The number of carbonyl (C=O) groups excluding carboxylic acids is 1. The summed E-state index contributed by atoms with van der Waals surface area (Å²) in [5.41, 5.74) is 1.30. The molecule has 2 heterocycles. The second kappa shape index (κ2) is 7.25. The number of amides is 1. The first-order valence-corrected chi connectivity index (χ1v) is 9.97. The minimum Gasteiger partial charge on any atom is -0.355 e. The predicted octanol–water partition coefficient (Wildman–Crippen LogP) is 5.18. The van der Waals surface area contributed by atoms with E-state index in [1.54, 1.807) is 11.3 Å². The molecule has 0 spiro atoms. The zero-order chi connectivity index (χ0) is 18.0. The molecule has 0 saturated heterocycles. The third-order valence-corrected chi connectivity index (χ3v) is 6.18. The van der Waals surface area contributed by atoms with E-state index in [0.29, 0.717) is 11.6 Å². The number of thiophene rings is 1. The number of nitrogens with one attached hydrogen (secondary N) is 1. The van der Waals surface area contributed by atoms with Crippen molar-refractivity contribution >= 4 is 28.8 Å². The summed E-state index contributed by atoms with van der Waals surface area (Å²) >= 11 is 7.61. The quantitative estimate of drug-likeness (QED) is 0.656. The smallest absolute Gasteiger partial charge is 0.230 e. The number of hydrogen-bond donors (Lipinski definition) is 1. The van der Waals surface area contributed by atoms with E-state index in [9.17, 15) is 4.79 Å². The van der Waals surface area contributed by atoms with Crippen LogP contribution in [0.2, 0.25) is 5.02 Å². The lowest BCUT2D eigenvalue weighted by Crippen LogP contribution is -2.42. The van der Waals surface area contributed by atoms with Gasteiger partial charge in [0.2, 0.25) is 5.91 Å². The van der Waals surface area contributed by atoms with Gasteiger partial charge in [0, 0.05) is 11.1 Å². The molecule has 2 aromatic heterocycles. The maximum atomic E-state index is 13.1. The van der Waals surface area contributed by atoms with E-state index in [0.717, 1.165) is 47.6 Å². The third-order valence-electron chi connectivity index (χ3n) is 5.04. The van der Waals surface area contributed by atoms with Gasteiger partial charge in [-0.3, -0.25) is 4.79 Å². The summed E-state index contributed by atoms with van der Waals surface area (Å²) in [6, 6.07) is 13.5. The van der Waals surface area contributed by atoms with Crippen molar-refractivity contribution in [2.75, 3.05) is 0 Å². The van der Waals surface area contributed by atoms with Crippen molar-refractivity contribution < 1.29 is 9.32 Å². The molecule has 1 saturated carbocycles. The van der Waals surface area contributed by atoms with Crippen LogP contribution in [0.15, 0.2) is 52.4 Å². The molecule has 0 atom stereocenters. The fourth-order valence-corrected chi connectivity index (χ4v) is 4.46. The zero-order valence-electron chi connectivity index (χ0n) is 14.2. The normalized spacial score (nSPS) is 15.9. The maximum Gasteiger partial charge on any atom is 0.230 e. The molecule has 3 aromatic rings. The Balaban J connectivity index is 1.48. The summed E-state index contributed by atoms with van der Waals surface area (Å²) in [7, 11) is 0. The second-order valence-electron chi connectivity index (χ2n) is 6.64. The number of halogens is 1. The summed E-state index contributed by atoms with van der Waals surface area (Å²) in [6.45, 7) is 0.364. The molecule has 0 radical (unpaired) electrons. The van der Waals surface area contributed by atoms with Crippen LogP contribution in [-0.4, -0.2) is 11.1 Å². The molecular weight excluding hydrogens is 368 g/mol. The molecule has 1 aliphatic rings. The topological polar surface area (TPSA) is 55.1 Å². The van der Waals surface area contributed by atoms with Crippen molar-refractivity contribution in [2.24, 2.45) is 0 Å². The zero-order valence-corrected chi connectivity index (χ0v) is 15.8. The maximum absolute atomic E-state index is 13.1. The Bertz CT molecular complexity index is 881. The molecule has 0 bridgehead atoms. The lowest BCUT2D eigenvalue weighted by molar-refractivity contribution is -0.126. The molecular formula is C20H19ClN2O2S. The Morgan fingerprint density at radius 3 is 2.69 bits per heavy atom. The lowest BCUT2D eigenvalue weighted by Gasteiger charge is -2.28. The second-order valence-corrected chi connectivity index (χ2v) is 8.02. The minimum atomic E-state index is -0.467. The lowest BCUT2D eigenvalue weighted by atomic mass is 9.78. The van der Waals surface area contributed by atoms with Crippen molar-refractivity contribution in [1.29, 1.82) is 0 Å². The molecule has 0 unspecified atom stereocenters. The summed E-state index contributed by atoms with van der Waals surface area (Å²) in [4.78, 5) is 14.1. The number of benzene rings is 1. The molecule has 6 heteroatoms. The van der Waals surface area contributed by atoms with Gasteiger partial charge in [0.1, 0.15) is 5.69 Å². The number of aromatic nitrogens is 1. The van der Waals surface area contributed by atoms with Gasteiger partial charge in [-0.2, -0.15) is 0 Å². The molecule has 134 valence electrons. The van der Waals surface area contributed by atoms with Gasteiger partial charge in [-0.1, -0.05) is 47.8 Å². The molecule has 0 aliphatic heterocycles. The highest BCUT2D eigenvalue weighted by molar-refractivity contribution is 7.13. The van der Waals surface area contributed by atoms with Crippen LogP contribution in [0, 0.1) is 0 Å². The highest BCUT2D eigenvalue weighted by Gasteiger charge is 2.42. The highest BCUT2D eigenvalue weighted by atomic mass is 35.5. The monoisotopic (exact) mass is 386 g/mol. The molecule has 4 nitrogen and oxygen atoms in total. The average Bonchev–Trinajstić information content (AvgIpc) is 3.41. The van der Waals surface area contributed by atoms with Gasteiger partial charge in [0.15, 0.2) is 5.76 Å². The van der Waals surface area contributed by atoms with Crippen LogP contribution in [0.5, 0.6) is 0 Å². The summed E-state index contributed by atoms with van der Waals surface area (Å²) in [5, 5.41) is 9.82. The first kappa shape index (κ1) is 17.3. The minimum absolute atomic E-state index is 0.0537. The average molecular weight is 387 g/mol. The summed E-state index contributed by atoms with van der Waals surface area (Å²) < 4.78 is 5.38. The van der Waals surface area contributed by atoms with E-state index in [4.69, 9.17) is 16.1 Å². The fourth-order valence-electron chi connectivity index (χ4n) is 3.66. The largest absolute Gasteiger partial charge is 0.355 e. The number of nitrogens with zero attached hydrogens (tertiary/aromatic N) is 1. The highest BCUT2D eigenvalue weighted by Crippen LogP contribution is 2.41. The Morgan fingerprint density at radius 1 is 1.23 bits per heavy atom. The molecule has 1 fully saturated rings. The van der Waals surface area contributed by atoms with E-state index in [2.05, 4.69) is 10.5 Å². The van der Waals surface area contributed by atoms with Gasteiger partial charge in [-0.05, 0) is 42.0 Å². The van der Waals surface area contributed by atoms with Crippen molar-refractivity contribution in [1.82, 2.24) is 10.5 Å². The summed E-state index contributed by atoms with van der Waals surface area (Å²) in [5.74, 6) is 0.788. The van der Waals surface area contributed by atoms with E-state index < -0.39 is 5.41 Å². The molecule has 1 amide bonds. The van der Waals surface area contributed by atoms with Crippen molar-refractivity contribution in [2.45, 2.75) is 37.6 Å². The van der Waals surface area contributed by atoms with Gasteiger partial charge in [0.05, 0.1) is 16.8 Å². The number of hydrogen-bond acceptors (Lipinski definition) is 4. The molecule has 1 aromatic carbocycles. The molecule has 4 rings (SSSR count). The molecule has 26 heavy (non-hydrogen) atoms. The van der Waals surface area contributed by atoms with Crippen LogP contribution in [0.4, 0.5) is 0 Å². The van der Waals surface area contributed by atoms with Gasteiger partial charge in [-0.25, -0.2) is 0 Å². The van der Waals surface area contributed by atoms with Gasteiger partial charge < -0.3 is 9.84 Å². The van der Waals surface area contributed by atoms with Crippen LogP contribution in [0.25, 0.3) is 10.6 Å². The molecule has 1 aliphatic carbocycles. The van der Waals surface area contributed by atoms with Crippen molar-refractivity contribution in [3.8, 4) is 10.6 Å². The van der Waals surface area contributed by atoms with Crippen LogP contribution in [0.1, 0.15) is 36.9 Å². The van der Waals surface area contributed by atoms with Crippen molar-refractivity contribution in [3.63, 3.8) is 0 Å². The summed E-state index contributed by atoms with van der Waals surface area (Å²) in [6.07, 6.45) is 3.84. The SMILES string of the molecule is O=C(NCc1cc(-c2cccs2)on1)C1(c2ccc(Cl)cc2)CCCC1. The van der Waals surface area contributed by atoms with Gasteiger partial charge in [-0.15, -0.1) is 11.3 Å². The van der Waals surface area contributed by atoms with E-state index in [1.807, 2.05) is 47.8 Å². The van der Waals surface area contributed by atoms with Crippen molar-refractivity contribution in [3.05, 3.63) is 64.1 Å². The Labute approximate surface area is 161 Å². The van der Waals surface area contributed by atoms with Crippen LogP contribution in [-0.2, 0) is 16.8 Å². The fraction of sp³-hybridized carbons (Fsp3) is 0.300. The van der Waals surface area contributed by atoms with E-state index >= 15 is 0 Å². The van der Waals surface area contributed by atoms with Crippen LogP contribution in [0.3, 0.4) is 0 Å². The standard InChI is InChI=1S/C20H19ClN2O2S/c21-15-7-5-14(6-8-15)20(9-1-2-10-20)19(24)22-13-16-12-17(25-23-16)18-4-3-11-26-18/h3-8,11-12H,1-2,9-10,13H2,(H,22,24). The van der Waals surface area contributed by atoms with Gasteiger partial charge >= 0.3 is 0 Å². The first-order valence-electron chi connectivity index (χ1n) is 8.71. The first-order chi connectivity index (χ1) is 12.7.